The molecule has 0 spiro atoms. The van der Waals surface area contributed by atoms with Crippen molar-refractivity contribution in [3.05, 3.63) is 64.7 Å². The highest BCUT2D eigenvalue weighted by Gasteiger charge is 2.17. The van der Waals surface area contributed by atoms with Crippen molar-refractivity contribution < 1.29 is 4.79 Å². The van der Waals surface area contributed by atoms with Gasteiger partial charge in [0.25, 0.3) is 0 Å². The average Bonchev–Trinajstić information content (AvgIpc) is 3.02. The van der Waals surface area contributed by atoms with Crippen LogP contribution in [0.15, 0.2) is 48.5 Å². The summed E-state index contributed by atoms with van der Waals surface area (Å²) in [7, 11) is 1.88. The second-order valence-electron chi connectivity index (χ2n) is 6.17. The van der Waals surface area contributed by atoms with E-state index in [-0.39, 0.29) is 11.9 Å². The molecule has 0 saturated carbocycles. The fraction of sp³-hybridized carbons (Fsp3) is 0.300. The van der Waals surface area contributed by atoms with Crippen LogP contribution in [-0.4, -0.2) is 22.8 Å². The van der Waals surface area contributed by atoms with Gasteiger partial charge < -0.3 is 4.90 Å². The minimum absolute atomic E-state index is 0.0773. The zero-order chi connectivity index (χ0) is 17.1. The quantitative estimate of drug-likeness (QED) is 0.672. The van der Waals surface area contributed by atoms with E-state index >= 15 is 0 Å². The molecule has 0 saturated heterocycles. The largest absolute Gasteiger partial charge is 0.339 e. The fourth-order valence-corrected chi connectivity index (χ4v) is 3.67. The molecule has 0 N–H and O–H groups in total. The van der Waals surface area contributed by atoms with Crippen molar-refractivity contribution in [1.29, 1.82) is 0 Å². The number of carbonyl (C=O) groups excluding carboxylic acids is 1. The zero-order valence-corrected chi connectivity index (χ0v) is 15.1. The van der Waals surface area contributed by atoms with Gasteiger partial charge in [-0.3, -0.25) is 4.79 Å². The van der Waals surface area contributed by atoms with Crippen LogP contribution < -0.4 is 0 Å². The summed E-state index contributed by atoms with van der Waals surface area (Å²) >= 11 is 1.68. The number of hydrogen-bond acceptors (Lipinski definition) is 3. The summed E-state index contributed by atoms with van der Waals surface area (Å²) < 4.78 is 1.18. The third-order valence-electron chi connectivity index (χ3n) is 4.43. The maximum absolute atomic E-state index is 12.5. The molecule has 2 aromatic carbocycles. The molecular weight excluding hydrogens is 316 g/mol. The molecule has 1 heterocycles. The molecule has 0 radical (unpaired) electrons. The number of amides is 1. The zero-order valence-electron chi connectivity index (χ0n) is 14.3. The number of nitrogens with zero attached hydrogens (tertiary/aromatic N) is 2. The molecule has 3 nitrogen and oxygen atoms in total. The second-order valence-corrected chi connectivity index (χ2v) is 7.28. The standard InChI is InChI=1S/C20H22N2OS/c1-14-8-10-16(11-9-14)15(2)22(3)20(23)13-12-19-21-17-6-4-5-7-18(17)24-19/h4-11,15H,12-13H2,1-3H3. The van der Waals surface area contributed by atoms with Crippen molar-refractivity contribution in [2.45, 2.75) is 32.7 Å². The molecule has 24 heavy (non-hydrogen) atoms. The first kappa shape index (κ1) is 16.7. The van der Waals surface area contributed by atoms with E-state index in [0.29, 0.717) is 12.8 Å². The normalized spacial score (nSPS) is 12.3. The Hall–Kier alpha value is -2.20. The first-order valence-electron chi connectivity index (χ1n) is 8.21. The van der Waals surface area contributed by atoms with Gasteiger partial charge in [-0.1, -0.05) is 42.0 Å². The van der Waals surface area contributed by atoms with Crippen LogP contribution in [0.4, 0.5) is 0 Å². The van der Waals surface area contributed by atoms with E-state index in [1.54, 1.807) is 11.3 Å². The molecule has 3 aromatic rings. The minimum Gasteiger partial charge on any atom is -0.339 e. The Kier molecular flexibility index (Phi) is 4.95. The maximum Gasteiger partial charge on any atom is 0.223 e. The van der Waals surface area contributed by atoms with Gasteiger partial charge in [-0.2, -0.15) is 0 Å². The third kappa shape index (κ3) is 3.65. The number of aryl methyl sites for hydroxylation is 2. The molecule has 0 aliphatic rings. The van der Waals surface area contributed by atoms with E-state index < -0.39 is 0 Å². The predicted octanol–water partition coefficient (Wildman–Crippen LogP) is 4.76. The lowest BCUT2D eigenvalue weighted by Gasteiger charge is -2.25. The Labute approximate surface area is 147 Å². The lowest BCUT2D eigenvalue weighted by molar-refractivity contribution is -0.131. The van der Waals surface area contributed by atoms with Crippen molar-refractivity contribution >= 4 is 27.5 Å². The van der Waals surface area contributed by atoms with Gasteiger partial charge in [0.1, 0.15) is 0 Å². The molecule has 3 rings (SSSR count). The summed E-state index contributed by atoms with van der Waals surface area (Å²) in [6.45, 7) is 4.14. The Bertz CT molecular complexity index is 805. The smallest absolute Gasteiger partial charge is 0.223 e. The van der Waals surface area contributed by atoms with E-state index in [2.05, 4.69) is 49.2 Å². The van der Waals surface area contributed by atoms with Crippen molar-refractivity contribution in [1.82, 2.24) is 9.88 Å². The SMILES string of the molecule is Cc1ccc(C(C)N(C)C(=O)CCc2nc3ccccc3s2)cc1. The van der Waals surface area contributed by atoms with E-state index in [1.807, 2.05) is 30.1 Å². The van der Waals surface area contributed by atoms with Gasteiger partial charge in [0, 0.05) is 19.9 Å². The van der Waals surface area contributed by atoms with Gasteiger partial charge in [-0.15, -0.1) is 11.3 Å². The molecule has 1 aromatic heterocycles. The van der Waals surface area contributed by atoms with Crippen molar-refractivity contribution in [2.24, 2.45) is 0 Å². The summed E-state index contributed by atoms with van der Waals surface area (Å²) in [5, 5.41) is 1.03. The number of carbonyl (C=O) groups is 1. The van der Waals surface area contributed by atoms with Crippen LogP contribution in [0.3, 0.4) is 0 Å². The fourth-order valence-electron chi connectivity index (χ4n) is 2.70. The van der Waals surface area contributed by atoms with Gasteiger partial charge >= 0.3 is 0 Å². The summed E-state index contributed by atoms with van der Waals surface area (Å²) in [4.78, 5) is 19.0. The monoisotopic (exact) mass is 338 g/mol. The molecule has 0 aliphatic heterocycles. The molecule has 0 aliphatic carbocycles. The van der Waals surface area contributed by atoms with Crippen LogP contribution in [-0.2, 0) is 11.2 Å². The van der Waals surface area contributed by atoms with Gasteiger partial charge in [0.05, 0.1) is 21.3 Å². The Balaban J connectivity index is 1.62. The minimum atomic E-state index is 0.0773. The summed E-state index contributed by atoms with van der Waals surface area (Å²) in [6.07, 6.45) is 1.19. The number of para-hydroxylation sites is 1. The predicted molar refractivity (Wildman–Crippen MR) is 100 cm³/mol. The number of thiazole rings is 1. The van der Waals surface area contributed by atoms with E-state index in [1.165, 1.54) is 10.3 Å². The summed E-state index contributed by atoms with van der Waals surface area (Å²) in [5.74, 6) is 0.155. The molecule has 0 bridgehead atoms. The first-order chi connectivity index (χ1) is 11.5. The van der Waals surface area contributed by atoms with Crippen molar-refractivity contribution in [3.8, 4) is 0 Å². The van der Waals surface area contributed by atoms with Crippen molar-refractivity contribution in [3.63, 3.8) is 0 Å². The Morgan fingerprint density at radius 3 is 2.58 bits per heavy atom. The number of rotatable bonds is 5. The molecule has 0 fully saturated rings. The molecule has 1 amide bonds. The second kappa shape index (κ2) is 7.14. The van der Waals surface area contributed by atoms with Crippen LogP contribution in [0.25, 0.3) is 10.2 Å². The average molecular weight is 338 g/mol. The number of aromatic nitrogens is 1. The number of fused-ring (bicyclic) bond motifs is 1. The maximum atomic E-state index is 12.5. The first-order valence-corrected chi connectivity index (χ1v) is 9.03. The highest BCUT2D eigenvalue weighted by Crippen LogP contribution is 2.24. The van der Waals surface area contributed by atoms with Crippen LogP contribution in [0.5, 0.6) is 0 Å². The molecular formula is C20H22N2OS. The third-order valence-corrected chi connectivity index (χ3v) is 5.52. The van der Waals surface area contributed by atoms with Crippen LogP contribution in [0, 0.1) is 6.92 Å². The van der Waals surface area contributed by atoms with E-state index in [0.717, 1.165) is 16.1 Å². The van der Waals surface area contributed by atoms with Crippen LogP contribution in [0.2, 0.25) is 0 Å². The molecule has 1 atom stereocenters. The Morgan fingerprint density at radius 1 is 1.17 bits per heavy atom. The van der Waals surface area contributed by atoms with Gasteiger partial charge in [-0.05, 0) is 31.5 Å². The number of hydrogen-bond donors (Lipinski definition) is 0. The topological polar surface area (TPSA) is 33.2 Å². The summed E-state index contributed by atoms with van der Waals surface area (Å²) in [5.41, 5.74) is 3.42. The summed E-state index contributed by atoms with van der Waals surface area (Å²) in [6, 6.07) is 16.5. The lowest BCUT2D eigenvalue weighted by atomic mass is 10.1. The van der Waals surface area contributed by atoms with E-state index in [4.69, 9.17) is 0 Å². The number of benzene rings is 2. The molecule has 1 unspecified atom stereocenters. The van der Waals surface area contributed by atoms with E-state index in [9.17, 15) is 4.79 Å². The van der Waals surface area contributed by atoms with Gasteiger partial charge in [-0.25, -0.2) is 4.98 Å². The van der Waals surface area contributed by atoms with Crippen LogP contribution in [0.1, 0.15) is 35.5 Å². The lowest BCUT2D eigenvalue weighted by Crippen LogP contribution is -2.29. The molecule has 4 heteroatoms. The highest BCUT2D eigenvalue weighted by molar-refractivity contribution is 7.18. The molecule has 124 valence electrons. The van der Waals surface area contributed by atoms with Gasteiger partial charge in [0.15, 0.2) is 0 Å². The Morgan fingerprint density at radius 2 is 1.88 bits per heavy atom. The van der Waals surface area contributed by atoms with Gasteiger partial charge in [0.2, 0.25) is 5.91 Å². The van der Waals surface area contributed by atoms with Crippen molar-refractivity contribution in [2.75, 3.05) is 7.05 Å². The highest BCUT2D eigenvalue weighted by atomic mass is 32.1. The van der Waals surface area contributed by atoms with Crippen LogP contribution >= 0.6 is 11.3 Å².